The molecule has 1 aliphatic rings. The van der Waals surface area contributed by atoms with E-state index in [2.05, 4.69) is 65.6 Å². The Kier molecular flexibility index (Phi) is 8.25. The second-order valence-corrected chi connectivity index (χ2v) is 7.88. The minimum absolute atomic E-state index is 0.715. The average Bonchev–Trinajstić information content (AvgIpc) is 2.97. The van der Waals surface area contributed by atoms with Gasteiger partial charge in [0, 0.05) is 0 Å². The molecule has 2 aromatic rings. The van der Waals surface area contributed by atoms with Crippen molar-refractivity contribution in [1.82, 2.24) is 4.90 Å². The molecule has 26 heavy (non-hydrogen) atoms. The van der Waals surface area contributed by atoms with Crippen LogP contribution in [-0.4, -0.2) is 24.5 Å². The Balaban J connectivity index is 1.48. The molecule has 1 atom stereocenters. The van der Waals surface area contributed by atoms with Crippen LogP contribution in [0.2, 0.25) is 0 Å². The molecule has 1 heteroatoms. The van der Waals surface area contributed by atoms with Crippen molar-refractivity contribution in [3.05, 3.63) is 71.8 Å². The highest BCUT2D eigenvalue weighted by Gasteiger charge is 2.13. The van der Waals surface area contributed by atoms with Crippen LogP contribution in [0.25, 0.3) is 0 Å². The first-order valence-electron chi connectivity index (χ1n) is 10.7. The molecule has 3 rings (SSSR count). The predicted octanol–water partition coefficient (Wildman–Crippen LogP) is 6.45. The molecule has 2 aromatic carbocycles. The van der Waals surface area contributed by atoms with Crippen molar-refractivity contribution in [2.24, 2.45) is 0 Å². The van der Waals surface area contributed by atoms with E-state index in [0.29, 0.717) is 5.92 Å². The van der Waals surface area contributed by atoms with E-state index in [-0.39, 0.29) is 0 Å². The number of nitrogens with zero attached hydrogens (tertiary/aromatic N) is 1. The van der Waals surface area contributed by atoms with Crippen LogP contribution in [0.3, 0.4) is 0 Å². The molecule has 0 aromatic heterocycles. The van der Waals surface area contributed by atoms with Gasteiger partial charge in [-0.3, -0.25) is 0 Å². The summed E-state index contributed by atoms with van der Waals surface area (Å²) in [4.78, 5) is 2.71. The molecule has 1 unspecified atom stereocenters. The van der Waals surface area contributed by atoms with Gasteiger partial charge in [-0.15, -0.1) is 0 Å². The molecule has 1 nitrogen and oxygen atoms in total. The molecule has 1 heterocycles. The van der Waals surface area contributed by atoms with Crippen LogP contribution in [0, 0.1) is 0 Å². The van der Waals surface area contributed by atoms with Crippen molar-refractivity contribution in [3.8, 4) is 0 Å². The number of hydrogen-bond donors (Lipinski definition) is 0. The quantitative estimate of drug-likeness (QED) is 0.503. The smallest absolute Gasteiger partial charge is 0.00185 e. The first-order chi connectivity index (χ1) is 12.9. The van der Waals surface area contributed by atoms with Gasteiger partial charge in [0.2, 0.25) is 0 Å². The van der Waals surface area contributed by atoms with Gasteiger partial charge in [0.05, 0.1) is 0 Å². The molecule has 0 spiro atoms. The lowest BCUT2D eigenvalue weighted by molar-refractivity contribution is 0.274. The summed E-state index contributed by atoms with van der Waals surface area (Å²) in [5.74, 6) is 0.715. The zero-order valence-corrected chi connectivity index (χ0v) is 16.3. The molecule has 1 saturated heterocycles. The average molecular weight is 350 g/mol. The van der Waals surface area contributed by atoms with Crippen molar-refractivity contribution in [3.63, 3.8) is 0 Å². The number of hydrogen-bond acceptors (Lipinski definition) is 1. The highest BCUT2D eigenvalue weighted by molar-refractivity contribution is 5.20. The lowest BCUT2D eigenvalue weighted by Crippen LogP contribution is -2.26. The molecule has 0 bridgehead atoms. The second kappa shape index (κ2) is 11.2. The molecular formula is C25H35N. The number of likely N-dealkylation sites (tertiary alicyclic amines) is 1. The Hall–Kier alpha value is -1.60. The third-order valence-electron chi connectivity index (χ3n) is 5.86. The van der Waals surface area contributed by atoms with Gasteiger partial charge < -0.3 is 4.90 Å². The first kappa shape index (κ1) is 19.2. The fourth-order valence-corrected chi connectivity index (χ4v) is 4.32. The van der Waals surface area contributed by atoms with Crippen molar-refractivity contribution < 1.29 is 0 Å². The maximum Gasteiger partial charge on any atom is -0.00185 e. The van der Waals surface area contributed by atoms with E-state index < -0.39 is 0 Å². The van der Waals surface area contributed by atoms with E-state index in [4.69, 9.17) is 0 Å². The SMILES string of the molecule is c1ccc(CCCC(CCCN2CCCCCC2)c2ccccc2)cc1. The fourth-order valence-electron chi connectivity index (χ4n) is 4.32. The van der Waals surface area contributed by atoms with E-state index in [0.717, 1.165) is 0 Å². The van der Waals surface area contributed by atoms with E-state index in [1.807, 2.05) is 0 Å². The summed E-state index contributed by atoms with van der Waals surface area (Å²) in [6.45, 7) is 3.94. The van der Waals surface area contributed by atoms with Gasteiger partial charge in [-0.1, -0.05) is 73.5 Å². The minimum atomic E-state index is 0.715. The van der Waals surface area contributed by atoms with Gasteiger partial charge >= 0.3 is 0 Å². The van der Waals surface area contributed by atoms with Crippen LogP contribution < -0.4 is 0 Å². The fraction of sp³-hybridized carbons (Fsp3) is 0.520. The summed E-state index contributed by atoms with van der Waals surface area (Å²) in [6.07, 6.45) is 12.1. The molecule has 1 fully saturated rings. The number of benzene rings is 2. The summed E-state index contributed by atoms with van der Waals surface area (Å²) < 4.78 is 0. The Morgan fingerprint density at radius 1 is 0.692 bits per heavy atom. The van der Waals surface area contributed by atoms with Crippen LogP contribution >= 0.6 is 0 Å². The van der Waals surface area contributed by atoms with Crippen LogP contribution in [-0.2, 0) is 6.42 Å². The largest absolute Gasteiger partial charge is 0.303 e. The van der Waals surface area contributed by atoms with Gasteiger partial charge in [0.15, 0.2) is 0 Å². The molecule has 0 amide bonds. The molecule has 1 aliphatic heterocycles. The van der Waals surface area contributed by atoms with E-state index in [9.17, 15) is 0 Å². The minimum Gasteiger partial charge on any atom is -0.303 e. The Morgan fingerprint density at radius 3 is 2.00 bits per heavy atom. The van der Waals surface area contributed by atoms with Crippen molar-refractivity contribution in [2.45, 2.75) is 63.7 Å². The summed E-state index contributed by atoms with van der Waals surface area (Å²) in [5, 5.41) is 0. The maximum atomic E-state index is 2.71. The van der Waals surface area contributed by atoms with Crippen molar-refractivity contribution >= 4 is 0 Å². The number of rotatable bonds is 9. The van der Waals surface area contributed by atoms with Gasteiger partial charge in [0.25, 0.3) is 0 Å². The van der Waals surface area contributed by atoms with Crippen LogP contribution in [0.15, 0.2) is 60.7 Å². The Morgan fingerprint density at radius 2 is 1.31 bits per heavy atom. The Labute approximate surface area is 160 Å². The monoisotopic (exact) mass is 349 g/mol. The topological polar surface area (TPSA) is 3.24 Å². The van der Waals surface area contributed by atoms with Gasteiger partial charge in [-0.2, -0.15) is 0 Å². The molecular weight excluding hydrogens is 314 g/mol. The highest BCUT2D eigenvalue weighted by atomic mass is 15.1. The zero-order valence-electron chi connectivity index (χ0n) is 16.3. The van der Waals surface area contributed by atoms with Crippen LogP contribution in [0.4, 0.5) is 0 Å². The summed E-state index contributed by atoms with van der Waals surface area (Å²) in [6, 6.07) is 22.2. The third kappa shape index (κ3) is 6.61. The molecule has 0 N–H and O–H groups in total. The van der Waals surface area contributed by atoms with E-state index in [1.54, 1.807) is 0 Å². The third-order valence-corrected chi connectivity index (χ3v) is 5.86. The number of aryl methyl sites for hydroxylation is 1. The molecule has 0 saturated carbocycles. The summed E-state index contributed by atoms with van der Waals surface area (Å²) in [7, 11) is 0. The van der Waals surface area contributed by atoms with E-state index >= 15 is 0 Å². The molecule has 0 aliphatic carbocycles. The first-order valence-corrected chi connectivity index (χ1v) is 10.7. The predicted molar refractivity (Wildman–Crippen MR) is 113 cm³/mol. The van der Waals surface area contributed by atoms with Gasteiger partial charge in [-0.05, 0) is 81.6 Å². The normalized spacial score (nSPS) is 16.9. The van der Waals surface area contributed by atoms with Gasteiger partial charge in [-0.25, -0.2) is 0 Å². The lowest BCUT2D eigenvalue weighted by atomic mass is 9.88. The van der Waals surface area contributed by atoms with E-state index in [1.165, 1.54) is 88.5 Å². The maximum absolute atomic E-state index is 2.71. The molecule has 140 valence electrons. The zero-order chi connectivity index (χ0) is 17.9. The van der Waals surface area contributed by atoms with Gasteiger partial charge in [0.1, 0.15) is 0 Å². The summed E-state index contributed by atoms with van der Waals surface area (Å²) >= 11 is 0. The lowest BCUT2D eigenvalue weighted by Gasteiger charge is -2.22. The second-order valence-electron chi connectivity index (χ2n) is 7.88. The highest BCUT2D eigenvalue weighted by Crippen LogP contribution is 2.27. The Bertz CT molecular complexity index is 584. The standard InChI is InChI=1S/C25H35N/c1-2-10-21-26(20-9-1)22-12-19-25(24-16-7-4-8-17-24)18-11-15-23-13-5-3-6-14-23/h3-8,13-14,16-17,25H,1-2,9-12,15,18-22H2. The van der Waals surface area contributed by atoms with Crippen molar-refractivity contribution in [2.75, 3.05) is 19.6 Å². The van der Waals surface area contributed by atoms with Crippen LogP contribution in [0.5, 0.6) is 0 Å². The molecule has 0 radical (unpaired) electrons. The summed E-state index contributed by atoms with van der Waals surface area (Å²) in [5.41, 5.74) is 3.01. The van der Waals surface area contributed by atoms with Crippen LogP contribution in [0.1, 0.15) is 68.4 Å². The van der Waals surface area contributed by atoms with Crippen molar-refractivity contribution in [1.29, 1.82) is 0 Å².